The molecule has 22 heavy (non-hydrogen) atoms. The van der Waals surface area contributed by atoms with Crippen molar-refractivity contribution >= 4 is 10.1 Å². The first-order chi connectivity index (χ1) is 10.1. The first-order valence-electron chi connectivity index (χ1n) is 6.42. The van der Waals surface area contributed by atoms with Gasteiger partial charge in [-0.3, -0.25) is 9.36 Å². The third-order valence-corrected chi connectivity index (χ3v) is 4.45. The summed E-state index contributed by atoms with van der Waals surface area (Å²) in [6.07, 6.45) is 0.963. The van der Waals surface area contributed by atoms with Gasteiger partial charge in [-0.15, -0.1) is 0 Å². The maximum absolute atomic E-state index is 12.4. The van der Waals surface area contributed by atoms with Gasteiger partial charge in [0.25, 0.3) is 5.56 Å². The van der Waals surface area contributed by atoms with Crippen molar-refractivity contribution in [3.05, 3.63) is 56.4 Å². The van der Waals surface area contributed by atoms with E-state index in [9.17, 15) is 18.0 Å². The van der Waals surface area contributed by atoms with E-state index in [0.29, 0.717) is 5.56 Å². The minimum Gasteiger partial charge on any atom is -0.378 e. The van der Waals surface area contributed by atoms with Crippen LogP contribution in [0.25, 0.3) is 0 Å². The highest BCUT2D eigenvalue weighted by molar-refractivity contribution is 7.87. The summed E-state index contributed by atoms with van der Waals surface area (Å²) in [5, 5.41) is 0. The Labute approximate surface area is 127 Å². The lowest BCUT2D eigenvalue weighted by molar-refractivity contribution is 0.478. The molecule has 0 fully saturated rings. The zero-order valence-electron chi connectivity index (χ0n) is 12.7. The quantitative estimate of drug-likeness (QED) is 0.766. The van der Waals surface area contributed by atoms with Crippen molar-refractivity contribution in [1.82, 2.24) is 9.13 Å². The lowest BCUT2D eigenvalue weighted by atomic mass is 10.1. The van der Waals surface area contributed by atoms with Crippen LogP contribution < -0.4 is 15.4 Å². The van der Waals surface area contributed by atoms with Gasteiger partial charge in [0.15, 0.2) is 4.90 Å². The van der Waals surface area contributed by atoms with Crippen molar-refractivity contribution in [3.8, 4) is 5.75 Å². The van der Waals surface area contributed by atoms with E-state index < -0.39 is 26.3 Å². The van der Waals surface area contributed by atoms with Gasteiger partial charge in [0.05, 0.1) is 0 Å². The maximum atomic E-state index is 12.4. The standard InChI is InChI=1S/C14H16N2O5S/c1-9-5-6-10(2)11(7-9)21-22(19,20)12-8-15(3)14(18)16(4)13(12)17/h5-8H,1-4H3. The fourth-order valence-corrected chi connectivity index (χ4v) is 3.05. The van der Waals surface area contributed by atoms with Crippen LogP contribution in [0.3, 0.4) is 0 Å². The van der Waals surface area contributed by atoms with Crippen LogP contribution in [0.5, 0.6) is 5.75 Å². The van der Waals surface area contributed by atoms with Gasteiger partial charge in [-0.05, 0) is 31.0 Å². The summed E-state index contributed by atoms with van der Waals surface area (Å²) in [6, 6.07) is 5.11. The molecule has 1 heterocycles. The molecule has 7 nitrogen and oxygen atoms in total. The highest BCUT2D eigenvalue weighted by Gasteiger charge is 2.24. The summed E-state index contributed by atoms with van der Waals surface area (Å²) in [6.45, 7) is 3.49. The number of hydrogen-bond acceptors (Lipinski definition) is 5. The zero-order valence-corrected chi connectivity index (χ0v) is 13.5. The largest absolute Gasteiger partial charge is 0.378 e. The summed E-state index contributed by atoms with van der Waals surface area (Å²) in [5.41, 5.74) is -0.0934. The van der Waals surface area contributed by atoms with Crippen molar-refractivity contribution in [2.45, 2.75) is 18.7 Å². The summed E-state index contributed by atoms with van der Waals surface area (Å²) >= 11 is 0. The topological polar surface area (TPSA) is 87.4 Å². The second-order valence-electron chi connectivity index (χ2n) is 5.06. The summed E-state index contributed by atoms with van der Waals surface area (Å²) in [5.74, 6) is 0.149. The Balaban J connectivity index is 2.60. The molecule has 0 spiro atoms. The van der Waals surface area contributed by atoms with Gasteiger partial charge in [0, 0.05) is 20.3 Å². The van der Waals surface area contributed by atoms with Crippen LogP contribution >= 0.6 is 0 Å². The molecule has 0 atom stereocenters. The van der Waals surface area contributed by atoms with E-state index >= 15 is 0 Å². The number of hydrogen-bond donors (Lipinski definition) is 0. The number of rotatable bonds is 3. The molecule has 1 aromatic heterocycles. The van der Waals surface area contributed by atoms with Crippen LogP contribution in [0.4, 0.5) is 0 Å². The van der Waals surface area contributed by atoms with Crippen molar-refractivity contribution in [2.75, 3.05) is 0 Å². The van der Waals surface area contributed by atoms with Crippen LogP contribution in [0.15, 0.2) is 38.9 Å². The molecule has 8 heteroatoms. The second-order valence-corrected chi connectivity index (χ2v) is 6.57. The normalized spacial score (nSPS) is 11.5. The average Bonchev–Trinajstić information content (AvgIpc) is 2.44. The number of aryl methyl sites for hydroxylation is 3. The lowest BCUT2D eigenvalue weighted by Crippen LogP contribution is -2.39. The average molecular weight is 324 g/mol. The van der Waals surface area contributed by atoms with Crippen molar-refractivity contribution in [1.29, 1.82) is 0 Å². The molecule has 0 N–H and O–H groups in total. The van der Waals surface area contributed by atoms with E-state index in [1.165, 1.54) is 14.1 Å². The molecule has 0 saturated carbocycles. The van der Waals surface area contributed by atoms with Crippen LogP contribution in [-0.2, 0) is 24.2 Å². The Morgan fingerprint density at radius 3 is 2.36 bits per heavy atom. The molecule has 118 valence electrons. The smallest absolute Gasteiger partial charge is 0.346 e. The van der Waals surface area contributed by atoms with Crippen molar-refractivity contribution in [2.24, 2.45) is 14.1 Å². The van der Waals surface area contributed by atoms with Gasteiger partial charge in [-0.1, -0.05) is 12.1 Å². The number of aromatic nitrogens is 2. The molecule has 0 aliphatic rings. The Kier molecular flexibility index (Phi) is 3.97. The molecule has 2 rings (SSSR count). The third kappa shape index (κ3) is 2.82. The molecular formula is C14H16N2O5S. The highest BCUT2D eigenvalue weighted by Crippen LogP contribution is 2.22. The molecule has 0 aliphatic carbocycles. The molecule has 0 radical (unpaired) electrons. The SMILES string of the molecule is Cc1ccc(C)c(OS(=O)(=O)c2cn(C)c(=O)n(C)c2=O)c1. The van der Waals surface area contributed by atoms with Gasteiger partial charge >= 0.3 is 15.8 Å². The molecule has 2 aromatic rings. The number of nitrogens with zero attached hydrogens (tertiary/aromatic N) is 2. The summed E-state index contributed by atoms with van der Waals surface area (Å²) in [7, 11) is -1.77. The van der Waals surface area contributed by atoms with E-state index in [0.717, 1.165) is 20.9 Å². The molecule has 0 aliphatic heterocycles. The molecule has 0 amide bonds. The van der Waals surface area contributed by atoms with Gasteiger partial charge < -0.3 is 8.75 Å². The molecular weight excluding hydrogens is 308 g/mol. The summed E-state index contributed by atoms with van der Waals surface area (Å²) < 4.78 is 31.5. The fourth-order valence-electron chi connectivity index (χ4n) is 1.91. The third-order valence-electron chi connectivity index (χ3n) is 3.23. The van der Waals surface area contributed by atoms with E-state index in [2.05, 4.69) is 0 Å². The zero-order chi connectivity index (χ0) is 16.7. The van der Waals surface area contributed by atoms with E-state index in [1.54, 1.807) is 26.0 Å². The van der Waals surface area contributed by atoms with Crippen molar-refractivity contribution in [3.63, 3.8) is 0 Å². The first-order valence-corrected chi connectivity index (χ1v) is 7.82. The van der Waals surface area contributed by atoms with Crippen molar-refractivity contribution < 1.29 is 12.6 Å². The monoisotopic (exact) mass is 324 g/mol. The van der Waals surface area contributed by atoms with Crippen LogP contribution in [0.2, 0.25) is 0 Å². The van der Waals surface area contributed by atoms with Gasteiger partial charge in [-0.25, -0.2) is 4.79 Å². The molecule has 1 aromatic carbocycles. The van der Waals surface area contributed by atoms with E-state index in [1.807, 2.05) is 6.07 Å². The fraction of sp³-hybridized carbons (Fsp3) is 0.286. The first kappa shape index (κ1) is 16.0. The predicted molar refractivity (Wildman–Crippen MR) is 80.7 cm³/mol. The minimum atomic E-state index is -4.34. The molecule has 0 saturated heterocycles. The van der Waals surface area contributed by atoms with Crippen LogP contribution in [0.1, 0.15) is 11.1 Å². The Morgan fingerprint density at radius 2 is 1.73 bits per heavy atom. The Hall–Kier alpha value is -2.35. The molecule has 0 bridgehead atoms. The molecule has 0 unspecified atom stereocenters. The van der Waals surface area contributed by atoms with E-state index in [4.69, 9.17) is 4.18 Å². The summed E-state index contributed by atoms with van der Waals surface area (Å²) in [4.78, 5) is 23.1. The number of benzene rings is 1. The minimum absolute atomic E-state index is 0.149. The lowest BCUT2D eigenvalue weighted by Gasteiger charge is -2.11. The second kappa shape index (κ2) is 5.45. The van der Waals surface area contributed by atoms with Crippen LogP contribution in [0, 0.1) is 13.8 Å². The maximum Gasteiger partial charge on any atom is 0.346 e. The van der Waals surface area contributed by atoms with E-state index in [-0.39, 0.29) is 5.75 Å². The van der Waals surface area contributed by atoms with Gasteiger partial charge in [0.2, 0.25) is 0 Å². The van der Waals surface area contributed by atoms with Crippen LogP contribution in [-0.4, -0.2) is 17.6 Å². The highest BCUT2D eigenvalue weighted by atomic mass is 32.2. The Bertz CT molecular complexity index is 954. The van der Waals surface area contributed by atoms with Gasteiger partial charge in [0.1, 0.15) is 5.75 Å². The van der Waals surface area contributed by atoms with Gasteiger partial charge in [-0.2, -0.15) is 8.42 Å². The Morgan fingerprint density at radius 1 is 1.09 bits per heavy atom. The predicted octanol–water partition coefficient (Wildman–Crippen LogP) is 0.469.